The predicted octanol–water partition coefficient (Wildman–Crippen LogP) is 2.47. The first kappa shape index (κ1) is 15.0. The molecule has 7 heteroatoms. The lowest BCUT2D eigenvalue weighted by Crippen LogP contribution is -2.47. The first-order chi connectivity index (χ1) is 10.2. The molecule has 0 spiro atoms. The predicted molar refractivity (Wildman–Crippen MR) is 87.1 cm³/mol. The molecular weight excluding hydrogens is 326 g/mol. The Morgan fingerprint density at radius 1 is 1.48 bits per heavy atom. The van der Waals surface area contributed by atoms with E-state index in [1.165, 1.54) is 0 Å². The van der Waals surface area contributed by atoms with Crippen molar-refractivity contribution in [3.63, 3.8) is 0 Å². The minimum atomic E-state index is -0.292. The van der Waals surface area contributed by atoms with Crippen LogP contribution in [0.2, 0.25) is 5.02 Å². The van der Waals surface area contributed by atoms with Crippen LogP contribution >= 0.6 is 35.1 Å². The molecule has 1 aromatic rings. The van der Waals surface area contributed by atoms with E-state index in [2.05, 4.69) is 11.4 Å². The van der Waals surface area contributed by atoms with Crippen molar-refractivity contribution in [1.29, 1.82) is 5.26 Å². The quantitative estimate of drug-likeness (QED) is 0.897. The van der Waals surface area contributed by atoms with Gasteiger partial charge in [-0.3, -0.25) is 10.1 Å². The van der Waals surface area contributed by atoms with Gasteiger partial charge < -0.3 is 4.90 Å². The third-order valence-electron chi connectivity index (χ3n) is 3.55. The standard InChI is InChI=1S/C14H14ClN3OS2/c15-10-3-1-2-9(4-10)13-17-12(7-21-13)14(19)18-8-20-6-11(18)5-16/h1-4,11-13,17H,6-8H2/t11-,12+,13?/m1/s1. The van der Waals surface area contributed by atoms with Crippen molar-refractivity contribution in [2.75, 3.05) is 17.4 Å². The highest BCUT2D eigenvalue weighted by atomic mass is 35.5. The van der Waals surface area contributed by atoms with Gasteiger partial charge in [0.15, 0.2) is 0 Å². The third-order valence-corrected chi connectivity index (χ3v) is 6.06. The van der Waals surface area contributed by atoms with E-state index in [9.17, 15) is 4.79 Å². The van der Waals surface area contributed by atoms with Crippen molar-refractivity contribution in [2.45, 2.75) is 17.5 Å². The number of hydrogen-bond donors (Lipinski definition) is 1. The lowest BCUT2D eigenvalue weighted by Gasteiger charge is -2.22. The van der Waals surface area contributed by atoms with Gasteiger partial charge >= 0.3 is 0 Å². The largest absolute Gasteiger partial charge is 0.315 e. The van der Waals surface area contributed by atoms with Crippen molar-refractivity contribution in [3.8, 4) is 6.07 Å². The van der Waals surface area contributed by atoms with Crippen molar-refractivity contribution in [3.05, 3.63) is 34.9 Å². The summed E-state index contributed by atoms with van der Waals surface area (Å²) in [6.45, 7) is 0. The topological polar surface area (TPSA) is 56.1 Å². The number of nitrogens with one attached hydrogen (secondary N) is 1. The molecule has 110 valence electrons. The molecule has 0 radical (unpaired) electrons. The van der Waals surface area contributed by atoms with Gasteiger partial charge in [0.1, 0.15) is 6.04 Å². The van der Waals surface area contributed by atoms with E-state index in [0.717, 1.165) is 11.3 Å². The average Bonchev–Trinajstić information content (AvgIpc) is 3.15. The second kappa shape index (κ2) is 6.49. The lowest BCUT2D eigenvalue weighted by molar-refractivity contribution is -0.132. The minimum Gasteiger partial charge on any atom is -0.315 e. The maximum atomic E-state index is 12.5. The number of benzene rings is 1. The summed E-state index contributed by atoms with van der Waals surface area (Å²) < 4.78 is 0. The maximum absolute atomic E-state index is 12.5. The maximum Gasteiger partial charge on any atom is 0.242 e. The number of nitrogens with zero attached hydrogens (tertiary/aromatic N) is 2. The Morgan fingerprint density at radius 3 is 3.10 bits per heavy atom. The first-order valence-corrected chi connectivity index (χ1v) is 9.18. The third kappa shape index (κ3) is 3.16. The monoisotopic (exact) mass is 339 g/mol. The molecule has 2 heterocycles. The Labute approximate surface area is 137 Å². The minimum absolute atomic E-state index is 0.0311. The lowest BCUT2D eigenvalue weighted by atomic mass is 10.2. The van der Waals surface area contributed by atoms with Gasteiger partial charge in [0.25, 0.3) is 0 Å². The summed E-state index contributed by atoms with van der Waals surface area (Å²) >= 11 is 9.35. The van der Waals surface area contributed by atoms with Crippen LogP contribution in [0.4, 0.5) is 0 Å². The molecule has 1 amide bonds. The van der Waals surface area contributed by atoms with E-state index in [1.54, 1.807) is 28.4 Å². The highest BCUT2D eigenvalue weighted by Crippen LogP contribution is 2.35. The molecule has 0 aromatic heterocycles. The number of halogens is 1. The van der Waals surface area contributed by atoms with Crippen molar-refractivity contribution >= 4 is 41.0 Å². The van der Waals surface area contributed by atoms with Gasteiger partial charge in [0.05, 0.1) is 23.4 Å². The molecule has 1 N–H and O–H groups in total. The van der Waals surface area contributed by atoms with Gasteiger partial charge in [-0.1, -0.05) is 23.7 Å². The fourth-order valence-corrected chi connectivity index (χ4v) is 4.95. The van der Waals surface area contributed by atoms with E-state index in [4.69, 9.17) is 16.9 Å². The summed E-state index contributed by atoms with van der Waals surface area (Å²) in [7, 11) is 0. The summed E-state index contributed by atoms with van der Waals surface area (Å²) in [6.07, 6.45) is 0. The van der Waals surface area contributed by atoms with Crippen LogP contribution in [-0.2, 0) is 4.79 Å². The zero-order valence-electron chi connectivity index (χ0n) is 11.2. The highest BCUT2D eigenvalue weighted by molar-refractivity contribution is 8.00. The van der Waals surface area contributed by atoms with Crippen LogP contribution in [0.3, 0.4) is 0 Å². The SMILES string of the molecule is N#C[C@@H]1CSCN1C(=O)[C@@H]1CSC(c2cccc(Cl)c2)N1. The summed E-state index contributed by atoms with van der Waals surface area (Å²) in [6, 6.07) is 9.36. The van der Waals surface area contributed by atoms with E-state index >= 15 is 0 Å². The molecule has 4 nitrogen and oxygen atoms in total. The Hall–Kier alpha value is -0.870. The summed E-state index contributed by atoms with van der Waals surface area (Å²) in [5.74, 6) is 2.07. The summed E-state index contributed by atoms with van der Waals surface area (Å²) in [4.78, 5) is 14.2. The molecular formula is C14H14ClN3OS2. The summed E-state index contributed by atoms with van der Waals surface area (Å²) in [5.41, 5.74) is 1.08. The zero-order valence-corrected chi connectivity index (χ0v) is 13.5. The molecule has 1 unspecified atom stereocenters. The van der Waals surface area contributed by atoms with Gasteiger partial charge in [0.2, 0.25) is 5.91 Å². The number of carbonyl (C=O) groups excluding carboxylic acids is 1. The number of rotatable bonds is 2. The van der Waals surface area contributed by atoms with Gasteiger partial charge in [0, 0.05) is 16.5 Å². The Bertz CT molecular complexity index is 592. The number of thioether (sulfide) groups is 2. The molecule has 1 aromatic carbocycles. The molecule has 0 bridgehead atoms. The Kier molecular flexibility index (Phi) is 4.65. The fraction of sp³-hybridized carbons (Fsp3) is 0.429. The molecule has 2 aliphatic heterocycles. The molecule has 3 atom stereocenters. The van der Waals surface area contributed by atoms with Gasteiger partial charge in [-0.15, -0.1) is 23.5 Å². The summed E-state index contributed by atoms with van der Waals surface area (Å²) in [5, 5.41) is 13.2. The second-order valence-electron chi connectivity index (χ2n) is 4.94. The number of nitriles is 1. The molecule has 3 rings (SSSR count). The number of hydrogen-bond acceptors (Lipinski definition) is 5. The van der Waals surface area contributed by atoms with Crippen molar-refractivity contribution < 1.29 is 4.79 Å². The second-order valence-corrected chi connectivity index (χ2v) is 7.51. The molecule has 0 saturated carbocycles. The molecule has 0 aliphatic carbocycles. The number of amides is 1. The van der Waals surface area contributed by atoms with E-state index in [1.807, 2.05) is 24.3 Å². The molecule has 2 aliphatic rings. The van der Waals surface area contributed by atoms with E-state index in [0.29, 0.717) is 16.7 Å². The molecule has 2 saturated heterocycles. The van der Waals surface area contributed by atoms with Crippen LogP contribution in [0, 0.1) is 11.3 Å². The van der Waals surface area contributed by atoms with Gasteiger partial charge in [-0.25, -0.2) is 0 Å². The van der Waals surface area contributed by atoms with Crippen LogP contribution in [0.5, 0.6) is 0 Å². The van der Waals surface area contributed by atoms with Crippen molar-refractivity contribution in [2.24, 2.45) is 0 Å². The van der Waals surface area contributed by atoms with E-state index < -0.39 is 0 Å². The first-order valence-electron chi connectivity index (χ1n) is 6.60. The van der Waals surface area contributed by atoms with Crippen LogP contribution in [0.25, 0.3) is 0 Å². The van der Waals surface area contributed by atoms with Crippen LogP contribution in [0.15, 0.2) is 24.3 Å². The van der Waals surface area contributed by atoms with Gasteiger partial charge in [-0.05, 0) is 17.7 Å². The number of carbonyl (C=O) groups is 1. The average molecular weight is 340 g/mol. The fourth-order valence-electron chi connectivity index (χ4n) is 2.44. The van der Waals surface area contributed by atoms with E-state index in [-0.39, 0.29) is 23.4 Å². The zero-order chi connectivity index (χ0) is 14.8. The highest BCUT2D eigenvalue weighted by Gasteiger charge is 2.37. The molecule has 2 fully saturated rings. The molecule has 21 heavy (non-hydrogen) atoms. The smallest absolute Gasteiger partial charge is 0.242 e. The Balaban J connectivity index is 1.67. The van der Waals surface area contributed by atoms with Gasteiger partial charge in [-0.2, -0.15) is 5.26 Å². The van der Waals surface area contributed by atoms with Crippen LogP contribution in [-0.4, -0.2) is 40.3 Å². The van der Waals surface area contributed by atoms with Crippen LogP contribution < -0.4 is 5.32 Å². The Morgan fingerprint density at radius 2 is 2.33 bits per heavy atom. The van der Waals surface area contributed by atoms with Crippen molar-refractivity contribution in [1.82, 2.24) is 10.2 Å². The normalized spacial score (nSPS) is 28.6. The van der Waals surface area contributed by atoms with Crippen LogP contribution in [0.1, 0.15) is 10.9 Å².